The van der Waals surface area contributed by atoms with Crippen LogP contribution in [0.4, 0.5) is 11.6 Å². The van der Waals surface area contributed by atoms with Crippen LogP contribution in [-0.2, 0) is 11.2 Å². The van der Waals surface area contributed by atoms with Crippen molar-refractivity contribution in [3.63, 3.8) is 0 Å². The number of piperidine rings is 1. The molecule has 6 nitrogen and oxygen atoms in total. The Labute approximate surface area is 119 Å². The number of hydrogen-bond donors (Lipinski definition) is 2. The molecule has 2 atom stereocenters. The van der Waals surface area contributed by atoms with Crippen LogP contribution in [0.3, 0.4) is 0 Å². The predicted molar refractivity (Wildman–Crippen MR) is 79.7 cm³/mol. The normalized spacial score (nSPS) is 22.6. The Bertz CT molecular complexity index is 490. The molecule has 2 unspecified atom stereocenters. The Kier molecular flexibility index (Phi) is 4.42. The van der Waals surface area contributed by atoms with Gasteiger partial charge in [-0.3, -0.25) is 4.79 Å². The summed E-state index contributed by atoms with van der Waals surface area (Å²) >= 11 is 0. The Morgan fingerprint density at radius 2 is 2.25 bits per heavy atom. The van der Waals surface area contributed by atoms with Crippen molar-refractivity contribution in [1.29, 1.82) is 0 Å². The molecule has 1 aliphatic rings. The van der Waals surface area contributed by atoms with Crippen LogP contribution < -0.4 is 16.0 Å². The zero-order chi connectivity index (χ0) is 14.7. The van der Waals surface area contributed by atoms with Crippen LogP contribution in [0.5, 0.6) is 0 Å². The van der Waals surface area contributed by atoms with E-state index in [1.807, 2.05) is 7.05 Å². The standard InChI is InChI=1S/C14H23N5O/c1-4-11-13(16-3)17-8-18-14(11)19-7-10(12(15)20)6-5-9(19)2/h8-10H,4-7H2,1-3H3,(H2,15,20)(H,16,17,18). The van der Waals surface area contributed by atoms with Gasteiger partial charge in [-0.2, -0.15) is 0 Å². The van der Waals surface area contributed by atoms with Crippen LogP contribution in [0, 0.1) is 5.92 Å². The van der Waals surface area contributed by atoms with Crippen molar-refractivity contribution in [2.24, 2.45) is 11.7 Å². The first-order chi connectivity index (χ1) is 9.58. The molecule has 1 aromatic heterocycles. The minimum Gasteiger partial charge on any atom is -0.373 e. The Hall–Kier alpha value is -1.85. The van der Waals surface area contributed by atoms with Crippen molar-refractivity contribution >= 4 is 17.5 Å². The molecule has 0 bridgehead atoms. The van der Waals surface area contributed by atoms with E-state index in [0.717, 1.165) is 36.5 Å². The van der Waals surface area contributed by atoms with Crippen LogP contribution in [0.15, 0.2) is 6.33 Å². The molecule has 0 radical (unpaired) electrons. The molecule has 20 heavy (non-hydrogen) atoms. The number of rotatable bonds is 4. The Morgan fingerprint density at radius 1 is 1.50 bits per heavy atom. The van der Waals surface area contributed by atoms with Gasteiger partial charge in [0.05, 0.1) is 5.92 Å². The molecule has 2 heterocycles. The van der Waals surface area contributed by atoms with Gasteiger partial charge in [-0.25, -0.2) is 9.97 Å². The fraction of sp³-hybridized carbons (Fsp3) is 0.643. The number of hydrogen-bond acceptors (Lipinski definition) is 5. The largest absolute Gasteiger partial charge is 0.373 e. The number of nitrogens with one attached hydrogen (secondary N) is 1. The van der Waals surface area contributed by atoms with Crippen molar-refractivity contribution in [2.75, 3.05) is 23.8 Å². The first kappa shape index (κ1) is 14.6. The molecule has 6 heteroatoms. The van der Waals surface area contributed by atoms with E-state index in [2.05, 4.69) is 34.0 Å². The van der Waals surface area contributed by atoms with Crippen molar-refractivity contribution < 1.29 is 4.79 Å². The maximum absolute atomic E-state index is 11.5. The summed E-state index contributed by atoms with van der Waals surface area (Å²) in [4.78, 5) is 22.4. The molecule has 1 aromatic rings. The first-order valence-electron chi connectivity index (χ1n) is 7.16. The summed E-state index contributed by atoms with van der Waals surface area (Å²) in [6.07, 6.45) is 4.23. The van der Waals surface area contributed by atoms with Crippen LogP contribution in [-0.4, -0.2) is 35.5 Å². The lowest BCUT2D eigenvalue weighted by atomic mass is 9.92. The van der Waals surface area contributed by atoms with Gasteiger partial charge in [-0.1, -0.05) is 6.92 Å². The Morgan fingerprint density at radius 3 is 2.85 bits per heavy atom. The summed E-state index contributed by atoms with van der Waals surface area (Å²) in [7, 11) is 1.86. The molecule has 1 amide bonds. The average Bonchev–Trinajstić information content (AvgIpc) is 2.46. The molecule has 3 N–H and O–H groups in total. The summed E-state index contributed by atoms with van der Waals surface area (Å²) in [6.45, 7) is 4.89. The zero-order valence-electron chi connectivity index (χ0n) is 12.4. The number of nitrogens with zero attached hydrogens (tertiary/aromatic N) is 3. The molecule has 0 saturated carbocycles. The minimum atomic E-state index is -0.220. The Balaban J connectivity index is 2.35. The zero-order valence-corrected chi connectivity index (χ0v) is 12.4. The maximum Gasteiger partial charge on any atom is 0.222 e. The van der Waals surface area contributed by atoms with E-state index in [0.29, 0.717) is 12.6 Å². The van der Waals surface area contributed by atoms with Gasteiger partial charge in [-0.05, 0) is 26.2 Å². The second kappa shape index (κ2) is 6.07. The summed E-state index contributed by atoms with van der Waals surface area (Å²) < 4.78 is 0. The van der Waals surface area contributed by atoms with Crippen LogP contribution in [0.25, 0.3) is 0 Å². The average molecular weight is 277 g/mol. The molecule has 1 aliphatic heterocycles. The van der Waals surface area contributed by atoms with E-state index in [-0.39, 0.29) is 11.8 Å². The molecule has 0 aromatic carbocycles. The van der Waals surface area contributed by atoms with Crippen LogP contribution in [0.2, 0.25) is 0 Å². The van der Waals surface area contributed by atoms with Gasteiger partial charge in [0.25, 0.3) is 0 Å². The molecular weight excluding hydrogens is 254 g/mol. The molecule has 0 aliphatic carbocycles. The highest BCUT2D eigenvalue weighted by Gasteiger charge is 2.31. The number of primary amides is 1. The van der Waals surface area contributed by atoms with Gasteiger partial charge in [0.2, 0.25) is 5.91 Å². The minimum absolute atomic E-state index is 0.0936. The third-order valence-corrected chi connectivity index (χ3v) is 4.07. The van der Waals surface area contributed by atoms with Crippen molar-refractivity contribution in [2.45, 2.75) is 39.2 Å². The van der Waals surface area contributed by atoms with E-state index in [1.54, 1.807) is 6.33 Å². The molecule has 110 valence electrons. The molecule has 1 fully saturated rings. The number of nitrogens with two attached hydrogens (primary N) is 1. The first-order valence-corrected chi connectivity index (χ1v) is 7.16. The number of anilines is 2. The lowest BCUT2D eigenvalue weighted by Gasteiger charge is -2.38. The predicted octanol–water partition coefficient (Wildman–Crippen LogP) is 1.17. The van der Waals surface area contributed by atoms with Crippen LogP contribution in [0.1, 0.15) is 32.3 Å². The topological polar surface area (TPSA) is 84.1 Å². The van der Waals surface area contributed by atoms with E-state index in [4.69, 9.17) is 5.73 Å². The highest BCUT2D eigenvalue weighted by Crippen LogP contribution is 2.31. The van der Waals surface area contributed by atoms with Crippen LogP contribution >= 0.6 is 0 Å². The van der Waals surface area contributed by atoms with Gasteiger partial charge < -0.3 is 16.0 Å². The van der Waals surface area contributed by atoms with Crippen molar-refractivity contribution in [3.8, 4) is 0 Å². The molecule has 2 rings (SSSR count). The number of carbonyl (C=O) groups is 1. The van der Waals surface area contributed by atoms with Gasteiger partial charge in [0.1, 0.15) is 18.0 Å². The fourth-order valence-corrected chi connectivity index (χ4v) is 2.83. The SMILES string of the molecule is CCc1c(NC)ncnc1N1CC(C(N)=O)CCC1C. The maximum atomic E-state index is 11.5. The lowest BCUT2D eigenvalue weighted by molar-refractivity contribution is -0.122. The smallest absolute Gasteiger partial charge is 0.222 e. The van der Waals surface area contributed by atoms with Gasteiger partial charge in [0.15, 0.2) is 0 Å². The van der Waals surface area contributed by atoms with Crippen molar-refractivity contribution in [1.82, 2.24) is 9.97 Å². The fourth-order valence-electron chi connectivity index (χ4n) is 2.83. The van der Waals surface area contributed by atoms with Gasteiger partial charge >= 0.3 is 0 Å². The third-order valence-electron chi connectivity index (χ3n) is 4.07. The number of carbonyl (C=O) groups excluding carboxylic acids is 1. The highest BCUT2D eigenvalue weighted by atomic mass is 16.1. The summed E-state index contributed by atoms with van der Waals surface area (Å²) in [5, 5.41) is 3.11. The third kappa shape index (κ3) is 2.69. The van der Waals surface area contributed by atoms with Gasteiger partial charge in [0, 0.05) is 25.2 Å². The van der Waals surface area contributed by atoms with E-state index >= 15 is 0 Å². The summed E-state index contributed by atoms with van der Waals surface area (Å²) in [5.74, 6) is 1.46. The van der Waals surface area contributed by atoms with Crippen molar-refractivity contribution in [3.05, 3.63) is 11.9 Å². The number of amides is 1. The van der Waals surface area contributed by atoms with E-state index < -0.39 is 0 Å². The molecule has 0 spiro atoms. The summed E-state index contributed by atoms with van der Waals surface area (Å²) in [5.41, 5.74) is 6.56. The van der Waals surface area contributed by atoms with E-state index in [1.165, 1.54) is 0 Å². The molecule has 1 saturated heterocycles. The lowest BCUT2D eigenvalue weighted by Crippen LogP contribution is -2.46. The molecular formula is C14H23N5O. The second-order valence-corrected chi connectivity index (χ2v) is 5.31. The van der Waals surface area contributed by atoms with Gasteiger partial charge in [-0.15, -0.1) is 0 Å². The number of aromatic nitrogens is 2. The van der Waals surface area contributed by atoms with E-state index in [9.17, 15) is 4.79 Å². The highest BCUT2D eigenvalue weighted by molar-refractivity contribution is 5.77. The summed E-state index contributed by atoms with van der Waals surface area (Å²) in [6, 6.07) is 0.357. The quantitative estimate of drug-likeness (QED) is 0.863. The monoisotopic (exact) mass is 277 g/mol. The second-order valence-electron chi connectivity index (χ2n) is 5.31.